The number of nitrogens with zero attached hydrogens (tertiary/aromatic N) is 4. The lowest BCUT2D eigenvalue weighted by molar-refractivity contribution is -0.142. The smallest absolute Gasteiger partial charge is 0.250 e. The maximum atomic E-state index is 13.6. The van der Waals surface area contributed by atoms with Gasteiger partial charge in [-0.1, -0.05) is 25.1 Å². The second-order valence-corrected chi connectivity index (χ2v) is 8.62. The Balaban J connectivity index is 1.55. The van der Waals surface area contributed by atoms with Crippen LogP contribution in [0.4, 0.5) is 5.69 Å². The number of piperidine rings is 2. The lowest BCUT2D eigenvalue weighted by Crippen LogP contribution is -2.57. The summed E-state index contributed by atoms with van der Waals surface area (Å²) in [6.45, 7) is 5.18. The van der Waals surface area contributed by atoms with Crippen LogP contribution >= 0.6 is 0 Å². The van der Waals surface area contributed by atoms with Crippen LogP contribution in [0.5, 0.6) is 0 Å². The molecule has 0 atom stereocenters. The number of amides is 3. The minimum atomic E-state index is -0.673. The van der Waals surface area contributed by atoms with Crippen LogP contribution in [-0.4, -0.2) is 77.4 Å². The van der Waals surface area contributed by atoms with Gasteiger partial charge in [0.25, 0.3) is 5.91 Å². The number of hydrogen-bond donors (Lipinski definition) is 0. The Morgan fingerprint density at radius 2 is 1.53 bits per heavy atom. The molecule has 30 heavy (non-hydrogen) atoms. The first kappa shape index (κ1) is 20.7. The van der Waals surface area contributed by atoms with Crippen molar-refractivity contribution < 1.29 is 14.4 Å². The monoisotopic (exact) mass is 412 g/mol. The maximum Gasteiger partial charge on any atom is 0.250 e. The number of para-hydroxylation sites is 1. The van der Waals surface area contributed by atoms with Crippen molar-refractivity contribution in [3.63, 3.8) is 0 Å². The molecule has 3 aliphatic rings. The van der Waals surface area contributed by atoms with Gasteiger partial charge in [0.15, 0.2) is 0 Å². The Hall–Kier alpha value is -2.57. The predicted molar refractivity (Wildman–Crippen MR) is 115 cm³/mol. The van der Waals surface area contributed by atoms with Gasteiger partial charge in [-0.05, 0) is 44.2 Å². The minimum Gasteiger partial charge on any atom is -0.343 e. The molecule has 162 valence electrons. The highest BCUT2D eigenvalue weighted by atomic mass is 16.2. The summed E-state index contributed by atoms with van der Waals surface area (Å²) in [5.74, 6) is 0.214. The summed E-state index contributed by atoms with van der Waals surface area (Å²) in [5, 5.41) is 0. The fraction of sp³-hybridized carbons (Fsp3) is 0.609. The number of likely N-dealkylation sites (tertiary alicyclic amines) is 2. The van der Waals surface area contributed by atoms with Gasteiger partial charge in [0.1, 0.15) is 12.1 Å². The zero-order valence-electron chi connectivity index (χ0n) is 17.9. The summed E-state index contributed by atoms with van der Waals surface area (Å²) >= 11 is 0. The summed E-state index contributed by atoms with van der Waals surface area (Å²) in [5.41, 5.74) is 0.322. The molecule has 1 aromatic rings. The summed E-state index contributed by atoms with van der Waals surface area (Å²) in [6, 6.07) is 9.97. The zero-order valence-corrected chi connectivity index (χ0v) is 17.9. The van der Waals surface area contributed by atoms with Gasteiger partial charge in [-0.25, -0.2) is 0 Å². The van der Waals surface area contributed by atoms with Crippen LogP contribution in [0, 0.1) is 0 Å². The molecule has 0 aromatic heterocycles. The molecule has 7 nitrogen and oxygen atoms in total. The first-order valence-corrected chi connectivity index (χ1v) is 11.2. The highest BCUT2D eigenvalue weighted by Crippen LogP contribution is 2.39. The van der Waals surface area contributed by atoms with Gasteiger partial charge in [-0.2, -0.15) is 0 Å². The van der Waals surface area contributed by atoms with Crippen LogP contribution in [0.1, 0.15) is 45.4 Å². The highest BCUT2D eigenvalue weighted by Gasteiger charge is 2.54. The molecule has 0 saturated carbocycles. The van der Waals surface area contributed by atoms with E-state index in [2.05, 4.69) is 4.90 Å². The van der Waals surface area contributed by atoms with Crippen LogP contribution in [0.15, 0.2) is 30.3 Å². The third kappa shape index (κ3) is 3.77. The Labute approximate surface area is 178 Å². The van der Waals surface area contributed by atoms with E-state index in [-0.39, 0.29) is 24.3 Å². The van der Waals surface area contributed by atoms with E-state index < -0.39 is 5.54 Å². The number of benzene rings is 1. The van der Waals surface area contributed by atoms with E-state index in [9.17, 15) is 14.4 Å². The lowest BCUT2D eigenvalue weighted by Gasteiger charge is -2.43. The maximum absolute atomic E-state index is 13.6. The van der Waals surface area contributed by atoms with Crippen molar-refractivity contribution in [3.8, 4) is 0 Å². The molecule has 3 amide bonds. The predicted octanol–water partition coefficient (Wildman–Crippen LogP) is 2.08. The van der Waals surface area contributed by atoms with E-state index in [0.29, 0.717) is 39.0 Å². The normalized spacial score (nSPS) is 21.4. The Morgan fingerprint density at radius 3 is 2.17 bits per heavy atom. The molecular weight excluding hydrogens is 380 g/mol. The number of rotatable bonds is 4. The summed E-state index contributed by atoms with van der Waals surface area (Å²) < 4.78 is 0. The van der Waals surface area contributed by atoms with E-state index in [1.165, 1.54) is 6.42 Å². The SMILES string of the molecule is CCC(=O)N1CCC2(CC1)C(=O)N(CC(=O)N1CCCCC1)CN2c1ccccc1. The molecular formula is C23H32N4O3. The first-order valence-electron chi connectivity index (χ1n) is 11.2. The van der Waals surface area contributed by atoms with E-state index in [0.717, 1.165) is 31.6 Å². The van der Waals surface area contributed by atoms with Crippen molar-refractivity contribution >= 4 is 23.4 Å². The number of carbonyl (C=O) groups is 3. The molecule has 3 fully saturated rings. The van der Waals surface area contributed by atoms with E-state index in [1.54, 1.807) is 4.90 Å². The molecule has 0 N–H and O–H groups in total. The Bertz CT molecular complexity index is 783. The molecule has 1 spiro atoms. The summed E-state index contributed by atoms with van der Waals surface area (Å²) in [7, 11) is 0. The number of hydrogen-bond acceptors (Lipinski definition) is 4. The van der Waals surface area contributed by atoms with Gasteiger partial charge in [-0.3, -0.25) is 14.4 Å². The number of carbonyl (C=O) groups excluding carboxylic acids is 3. The fourth-order valence-electron chi connectivity index (χ4n) is 5.08. The Kier molecular flexibility index (Phi) is 5.97. The van der Waals surface area contributed by atoms with Crippen molar-refractivity contribution in [2.75, 3.05) is 44.3 Å². The van der Waals surface area contributed by atoms with Crippen molar-refractivity contribution in [3.05, 3.63) is 30.3 Å². The zero-order chi connectivity index (χ0) is 21.1. The van der Waals surface area contributed by atoms with Crippen molar-refractivity contribution in [2.45, 2.75) is 51.0 Å². The van der Waals surface area contributed by atoms with E-state index in [1.807, 2.05) is 47.1 Å². The minimum absolute atomic E-state index is 0.0281. The fourth-order valence-corrected chi connectivity index (χ4v) is 5.08. The molecule has 4 rings (SSSR count). The van der Waals surface area contributed by atoms with E-state index in [4.69, 9.17) is 0 Å². The molecule has 0 aliphatic carbocycles. The van der Waals surface area contributed by atoms with Crippen LogP contribution < -0.4 is 4.90 Å². The topological polar surface area (TPSA) is 64.2 Å². The van der Waals surface area contributed by atoms with Gasteiger partial charge >= 0.3 is 0 Å². The summed E-state index contributed by atoms with van der Waals surface area (Å²) in [4.78, 5) is 46.3. The second kappa shape index (κ2) is 8.66. The molecule has 3 saturated heterocycles. The largest absolute Gasteiger partial charge is 0.343 e. The third-order valence-electron chi connectivity index (χ3n) is 6.86. The van der Waals surface area contributed by atoms with Crippen LogP contribution in [-0.2, 0) is 14.4 Å². The molecule has 0 bridgehead atoms. The van der Waals surface area contributed by atoms with Crippen LogP contribution in [0.3, 0.4) is 0 Å². The van der Waals surface area contributed by atoms with Gasteiger partial charge in [0.2, 0.25) is 11.8 Å². The van der Waals surface area contributed by atoms with Gasteiger partial charge in [0.05, 0.1) is 6.67 Å². The molecule has 0 radical (unpaired) electrons. The first-order chi connectivity index (χ1) is 14.5. The van der Waals surface area contributed by atoms with Gasteiger partial charge < -0.3 is 19.6 Å². The van der Waals surface area contributed by atoms with Crippen LogP contribution in [0.2, 0.25) is 0 Å². The molecule has 7 heteroatoms. The quantitative estimate of drug-likeness (QED) is 0.760. The molecule has 1 aromatic carbocycles. The summed E-state index contributed by atoms with van der Waals surface area (Å²) in [6.07, 6.45) is 4.94. The molecule has 0 unspecified atom stereocenters. The number of anilines is 1. The van der Waals surface area contributed by atoms with E-state index >= 15 is 0 Å². The average molecular weight is 413 g/mol. The van der Waals surface area contributed by atoms with Crippen molar-refractivity contribution in [1.29, 1.82) is 0 Å². The second-order valence-electron chi connectivity index (χ2n) is 8.62. The van der Waals surface area contributed by atoms with Crippen LogP contribution in [0.25, 0.3) is 0 Å². The third-order valence-corrected chi connectivity index (χ3v) is 6.86. The lowest BCUT2D eigenvalue weighted by atomic mass is 9.85. The van der Waals surface area contributed by atoms with Gasteiger partial charge in [0, 0.05) is 38.3 Å². The standard InChI is InChI=1S/C23H32N4O3/c1-2-20(28)25-15-11-23(12-16-25)22(30)26(17-21(29)24-13-7-4-8-14-24)18-27(23)19-9-5-3-6-10-19/h3,5-6,9-10H,2,4,7-8,11-18H2,1H3. The van der Waals surface area contributed by atoms with Crippen molar-refractivity contribution in [2.24, 2.45) is 0 Å². The van der Waals surface area contributed by atoms with Gasteiger partial charge in [-0.15, -0.1) is 0 Å². The molecule has 3 aliphatic heterocycles. The van der Waals surface area contributed by atoms with Crippen molar-refractivity contribution in [1.82, 2.24) is 14.7 Å². The highest BCUT2D eigenvalue weighted by molar-refractivity contribution is 5.96. The average Bonchev–Trinajstić information content (AvgIpc) is 3.06. The Morgan fingerprint density at radius 1 is 0.900 bits per heavy atom. The molecule has 3 heterocycles.